The zero-order valence-electron chi connectivity index (χ0n) is 13.1. The fraction of sp³-hybridized carbons (Fsp3) is 0.529. The fourth-order valence-electron chi connectivity index (χ4n) is 3.23. The van der Waals surface area contributed by atoms with Crippen LogP contribution in [0.15, 0.2) is 24.3 Å². The molecule has 0 bridgehead atoms. The first-order valence-corrected chi connectivity index (χ1v) is 8.13. The van der Waals surface area contributed by atoms with Gasteiger partial charge in [-0.3, -0.25) is 4.79 Å². The maximum atomic E-state index is 12.6. The van der Waals surface area contributed by atoms with E-state index in [0.29, 0.717) is 18.5 Å². The number of amides is 1. The first-order chi connectivity index (χ1) is 11.2. The van der Waals surface area contributed by atoms with Crippen molar-refractivity contribution < 1.29 is 19.4 Å². The SMILES string of the molecule is O=C(O)C1CCCCN1C(=O)c1ccc(N2CCOCC2)cc1. The quantitative estimate of drug-likeness (QED) is 0.917. The van der Waals surface area contributed by atoms with E-state index in [2.05, 4.69) is 4.90 Å². The Labute approximate surface area is 135 Å². The largest absolute Gasteiger partial charge is 0.480 e. The Balaban J connectivity index is 1.72. The third-order valence-electron chi connectivity index (χ3n) is 4.54. The number of carbonyl (C=O) groups excluding carboxylic acids is 1. The predicted octanol–water partition coefficient (Wildman–Crippen LogP) is 1.60. The Hall–Kier alpha value is -2.08. The summed E-state index contributed by atoms with van der Waals surface area (Å²) in [5, 5.41) is 9.31. The van der Waals surface area contributed by atoms with Crippen LogP contribution in [0.3, 0.4) is 0 Å². The normalized spacial score (nSPS) is 22.0. The van der Waals surface area contributed by atoms with E-state index in [1.807, 2.05) is 12.1 Å². The van der Waals surface area contributed by atoms with Crippen molar-refractivity contribution >= 4 is 17.6 Å². The summed E-state index contributed by atoms with van der Waals surface area (Å²) in [6.07, 6.45) is 2.25. The molecule has 0 radical (unpaired) electrons. The van der Waals surface area contributed by atoms with Crippen LogP contribution in [0.2, 0.25) is 0 Å². The number of carboxylic acid groups (broad SMARTS) is 1. The van der Waals surface area contributed by atoms with Crippen LogP contribution in [0.5, 0.6) is 0 Å². The monoisotopic (exact) mass is 318 g/mol. The second kappa shape index (κ2) is 7.00. The minimum Gasteiger partial charge on any atom is -0.480 e. The van der Waals surface area contributed by atoms with Gasteiger partial charge in [0.25, 0.3) is 5.91 Å². The molecule has 23 heavy (non-hydrogen) atoms. The van der Waals surface area contributed by atoms with E-state index in [-0.39, 0.29) is 5.91 Å². The number of benzene rings is 1. The van der Waals surface area contributed by atoms with Crippen LogP contribution >= 0.6 is 0 Å². The van der Waals surface area contributed by atoms with Crippen LogP contribution in [0.1, 0.15) is 29.6 Å². The number of piperidine rings is 1. The van der Waals surface area contributed by atoms with Crippen molar-refractivity contribution in [2.75, 3.05) is 37.7 Å². The summed E-state index contributed by atoms with van der Waals surface area (Å²) in [4.78, 5) is 27.7. The van der Waals surface area contributed by atoms with Crippen molar-refractivity contribution in [1.82, 2.24) is 4.90 Å². The van der Waals surface area contributed by atoms with Gasteiger partial charge in [-0.05, 0) is 43.5 Å². The number of ether oxygens (including phenoxy) is 1. The molecule has 0 aromatic heterocycles. The van der Waals surface area contributed by atoms with Crippen LogP contribution in [0.25, 0.3) is 0 Å². The number of rotatable bonds is 3. The van der Waals surface area contributed by atoms with Crippen molar-refractivity contribution in [1.29, 1.82) is 0 Å². The lowest BCUT2D eigenvalue weighted by atomic mass is 10.0. The maximum absolute atomic E-state index is 12.6. The van der Waals surface area contributed by atoms with Gasteiger partial charge in [0.2, 0.25) is 0 Å². The van der Waals surface area contributed by atoms with E-state index in [4.69, 9.17) is 4.74 Å². The van der Waals surface area contributed by atoms with Crippen LogP contribution in [-0.4, -0.2) is 60.8 Å². The molecular weight excluding hydrogens is 296 g/mol. The lowest BCUT2D eigenvalue weighted by molar-refractivity contribution is -0.143. The predicted molar refractivity (Wildman–Crippen MR) is 85.8 cm³/mol. The standard InChI is InChI=1S/C17H22N2O4/c20-16(19-8-2-1-3-15(19)17(21)22)13-4-6-14(7-5-13)18-9-11-23-12-10-18/h4-7,15H,1-3,8-12H2,(H,21,22). The molecule has 1 amide bonds. The van der Waals surface area contributed by atoms with Gasteiger partial charge in [-0.1, -0.05) is 0 Å². The Morgan fingerprint density at radius 2 is 1.74 bits per heavy atom. The molecule has 2 aliphatic rings. The van der Waals surface area contributed by atoms with Gasteiger partial charge in [-0.2, -0.15) is 0 Å². The molecule has 6 heteroatoms. The summed E-state index contributed by atoms with van der Waals surface area (Å²) in [7, 11) is 0. The highest BCUT2D eigenvalue weighted by Crippen LogP contribution is 2.22. The average Bonchev–Trinajstić information content (AvgIpc) is 2.62. The minimum absolute atomic E-state index is 0.189. The van der Waals surface area contributed by atoms with E-state index in [0.717, 1.165) is 44.8 Å². The van der Waals surface area contributed by atoms with E-state index in [1.54, 1.807) is 12.1 Å². The van der Waals surface area contributed by atoms with Gasteiger partial charge in [-0.25, -0.2) is 4.79 Å². The number of nitrogens with zero attached hydrogens (tertiary/aromatic N) is 2. The molecule has 1 atom stereocenters. The molecule has 1 aromatic rings. The van der Waals surface area contributed by atoms with E-state index in [1.165, 1.54) is 4.90 Å². The lowest BCUT2D eigenvalue weighted by Gasteiger charge is -2.33. The maximum Gasteiger partial charge on any atom is 0.326 e. The first-order valence-electron chi connectivity index (χ1n) is 8.13. The molecule has 3 rings (SSSR count). The topological polar surface area (TPSA) is 70.1 Å². The average molecular weight is 318 g/mol. The summed E-state index contributed by atoms with van der Waals surface area (Å²) in [5.74, 6) is -1.10. The van der Waals surface area contributed by atoms with Crippen LogP contribution < -0.4 is 4.90 Å². The molecule has 2 aliphatic heterocycles. The number of anilines is 1. The van der Waals surface area contributed by atoms with Crippen molar-refractivity contribution in [2.24, 2.45) is 0 Å². The van der Waals surface area contributed by atoms with Gasteiger partial charge in [0.05, 0.1) is 13.2 Å². The van der Waals surface area contributed by atoms with E-state index < -0.39 is 12.0 Å². The lowest BCUT2D eigenvalue weighted by Crippen LogP contribution is -2.48. The molecule has 0 spiro atoms. The third kappa shape index (κ3) is 3.47. The molecule has 2 heterocycles. The smallest absolute Gasteiger partial charge is 0.326 e. The van der Waals surface area contributed by atoms with Crippen molar-refractivity contribution in [3.63, 3.8) is 0 Å². The van der Waals surface area contributed by atoms with Crippen molar-refractivity contribution in [2.45, 2.75) is 25.3 Å². The molecule has 124 valence electrons. The summed E-state index contributed by atoms with van der Waals surface area (Å²) >= 11 is 0. The summed E-state index contributed by atoms with van der Waals surface area (Å²) in [6, 6.07) is 6.74. The second-order valence-electron chi connectivity index (χ2n) is 5.99. The Morgan fingerprint density at radius 3 is 2.39 bits per heavy atom. The van der Waals surface area contributed by atoms with Gasteiger partial charge in [0, 0.05) is 30.9 Å². The molecule has 1 aromatic carbocycles. The van der Waals surface area contributed by atoms with Gasteiger partial charge < -0.3 is 19.6 Å². The molecular formula is C17H22N2O4. The number of aliphatic carboxylic acids is 1. The third-order valence-corrected chi connectivity index (χ3v) is 4.54. The highest BCUT2D eigenvalue weighted by molar-refractivity contribution is 5.97. The molecule has 1 unspecified atom stereocenters. The number of hydrogen-bond acceptors (Lipinski definition) is 4. The number of carbonyl (C=O) groups is 2. The Bertz CT molecular complexity index is 566. The van der Waals surface area contributed by atoms with Gasteiger partial charge >= 0.3 is 5.97 Å². The van der Waals surface area contributed by atoms with Crippen molar-refractivity contribution in [3.8, 4) is 0 Å². The van der Waals surface area contributed by atoms with Gasteiger partial charge in [-0.15, -0.1) is 0 Å². The number of carboxylic acids is 1. The first kappa shape index (κ1) is 15.8. The van der Waals surface area contributed by atoms with Crippen LogP contribution in [0.4, 0.5) is 5.69 Å². The number of hydrogen-bond donors (Lipinski definition) is 1. The number of morpholine rings is 1. The van der Waals surface area contributed by atoms with E-state index >= 15 is 0 Å². The molecule has 1 N–H and O–H groups in total. The zero-order chi connectivity index (χ0) is 16.2. The van der Waals surface area contributed by atoms with Gasteiger partial charge in [0.1, 0.15) is 6.04 Å². The highest BCUT2D eigenvalue weighted by atomic mass is 16.5. The highest BCUT2D eigenvalue weighted by Gasteiger charge is 2.32. The number of likely N-dealkylation sites (tertiary alicyclic amines) is 1. The molecule has 0 aliphatic carbocycles. The fourth-order valence-corrected chi connectivity index (χ4v) is 3.23. The zero-order valence-corrected chi connectivity index (χ0v) is 13.1. The Kier molecular flexibility index (Phi) is 4.81. The molecule has 6 nitrogen and oxygen atoms in total. The summed E-state index contributed by atoms with van der Waals surface area (Å²) < 4.78 is 5.34. The van der Waals surface area contributed by atoms with Gasteiger partial charge in [0.15, 0.2) is 0 Å². The molecule has 2 saturated heterocycles. The molecule has 2 fully saturated rings. The Morgan fingerprint density at radius 1 is 1.04 bits per heavy atom. The van der Waals surface area contributed by atoms with Crippen LogP contribution in [0, 0.1) is 0 Å². The molecule has 0 saturated carbocycles. The second-order valence-corrected chi connectivity index (χ2v) is 5.99. The minimum atomic E-state index is -0.914. The summed E-state index contributed by atoms with van der Waals surface area (Å²) in [5.41, 5.74) is 1.62. The summed E-state index contributed by atoms with van der Waals surface area (Å²) in [6.45, 7) is 3.64. The van der Waals surface area contributed by atoms with Crippen molar-refractivity contribution in [3.05, 3.63) is 29.8 Å². The van der Waals surface area contributed by atoms with Crippen LogP contribution in [-0.2, 0) is 9.53 Å². The van der Waals surface area contributed by atoms with E-state index in [9.17, 15) is 14.7 Å².